The summed E-state index contributed by atoms with van der Waals surface area (Å²) in [5.41, 5.74) is 0. The second-order valence-corrected chi connectivity index (χ2v) is 5.01. The molecule has 0 bridgehead atoms. The Bertz CT molecular complexity index is 215. The number of amides is 1. The molecule has 3 heteroatoms. The normalized spacial score (nSPS) is 36.1. The van der Waals surface area contributed by atoms with E-state index in [1.165, 1.54) is 0 Å². The molecule has 1 amide bonds. The molecule has 80 valence electrons. The molecule has 0 aromatic heterocycles. The SMILES string of the molecule is CC(C)NC(=O)C1CC2CNCC2C1. The Labute approximate surface area is 85.6 Å². The quantitative estimate of drug-likeness (QED) is 0.684. The number of hydrogen-bond acceptors (Lipinski definition) is 2. The molecule has 1 aliphatic carbocycles. The van der Waals surface area contributed by atoms with Crippen molar-refractivity contribution >= 4 is 5.91 Å². The van der Waals surface area contributed by atoms with Crippen molar-refractivity contribution in [1.82, 2.24) is 10.6 Å². The van der Waals surface area contributed by atoms with Gasteiger partial charge in [-0.2, -0.15) is 0 Å². The van der Waals surface area contributed by atoms with Gasteiger partial charge in [0.15, 0.2) is 0 Å². The summed E-state index contributed by atoms with van der Waals surface area (Å²) >= 11 is 0. The molecule has 1 aliphatic heterocycles. The Morgan fingerprint density at radius 3 is 2.36 bits per heavy atom. The largest absolute Gasteiger partial charge is 0.354 e. The lowest BCUT2D eigenvalue weighted by atomic mass is 10.0. The van der Waals surface area contributed by atoms with Crippen molar-refractivity contribution in [3.05, 3.63) is 0 Å². The zero-order valence-corrected chi connectivity index (χ0v) is 9.05. The van der Waals surface area contributed by atoms with Gasteiger partial charge in [0.25, 0.3) is 0 Å². The summed E-state index contributed by atoms with van der Waals surface area (Å²) in [5, 5.41) is 6.41. The molecule has 0 radical (unpaired) electrons. The monoisotopic (exact) mass is 196 g/mol. The zero-order chi connectivity index (χ0) is 10.1. The van der Waals surface area contributed by atoms with Gasteiger partial charge in [0, 0.05) is 12.0 Å². The fraction of sp³-hybridized carbons (Fsp3) is 0.909. The highest BCUT2D eigenvalue weighted by atomic mass is 16.1. The summed E-state index contributed by atoms with van der Waals surface area (Å²) < 4.78 is 0. The van der Waals surface area contributed by atoms with Gasteiger partial charge in [-0.05, 0) is 51.6 Å². The van der Waals surface area contributed by atoms with Crippen LogP contribution in [0.15, 0.2) is 0 Å². The summed E-state index contributed by atoms with van der Waals surface area (Å²) in [4.78, 5) is 11.8. The molecule has 2 aliphatic rings. The van der Waals surface area contributed by atoms with Crippen LogP contribution >= 0.6 is 0 Å². The minimum Gasteiger partial charge on any atom is -0.354 e. The number of carbonyl (C=O) groups is 1. The first-order valence-electron chi connectivity index (χ1n) is 5.68. The van der Waals surface area contributed by atoms with Crippen molar-refractivity contribution in [2.75, 3.05) is 13.1 Å². The molecule has 0 aromatic carbocycles. The fourth-order valence-electron chi connectivity index (χ4n) is 2.78. The van der Waals surface area contributed by atoms with Crippen LogP contribution in [0, 0.1) is 17.8 Å². The Hall–Kier alpha value is -0.570. The molecule has 1 saturated carbocycles. The van der Waals surface area contributed by atoms with Gasteiger partial charge in [0.2, 0.25) is 5.91 Å². The van der Waals surface area contributed by atoms with E-state index in [1.54, 1.807) is 0 Å². The van der Waals surface area contributed by atoms with Crippen LogP contribution in [0.5, 0.6) is 0 Å². The third kappa shape index (κ3) is 1.92. The number of carbonyl (C=O) groups excluding carboxylic acids is 1. The summed E-state index contributed by atoms with van der Waals surface area (Å²) in [6, 6.07) is 0.279. The third-order valence-corrected chi connectivity index (χ3v) is 3.46. The molecule has 2 rings (SSSR count). The Morgan fingerprint density at radius 1 is 1.29 bits per heavy atom. The van der Waals surface area contributed by atoms with Crippen molar-refractivity contribution in [2.45, 2.75) is 32.7 Å². The Morgan fingerprint density at radius 2 is 1.86 bits per heavy atom. The van der Waals surface area contributed by atoms with Gasteiger partial charge >= 0.3 is 0 Å². The summed E-state index contributed by atoms with van der Waals surface area (Å²) in [6.45, 7) is 6.29. The van der Waals surface area contributed by atoms with Crippen molar-refractivity contribution in [2.24, 2.45) is 17.8 Å². The third-order valence-electron chi connectivity index (χ3n) is 3.46. The lowest BCUT2D eigenvalue weighted by Gasteiger charge is -2.14. The van der Waals surface area contributed by atoms with Gasteiger partial charge in [-0.15, -0.1) is 0 Å². The van der Waals surface area contributed by atoms with Crippen LogP contribution in [0.1, 0.15) is 26.7 Å². The van der Waals surface area contributed by atoms with Gasteiger partial charge < -0.3 is 10.6 Å². The molecular weight excluding hydrogens is 176 g/mol. The molecule has 2 unspecified atom stereocenters. The molecule has 2 fully saturated rings. The molecule has 3 nitrogen and oxygen atoms in total. The van der Waals surface area contributed by atoms with Gasteiger partial charge in [-0.25, -0.2) is 0 Å². The lowest BCUT2D eigenvalue weighted by Crippen LogP contribution is -2.35. The number of rotatable bonds is 2. The van der Waals surface area contributed by atoms with Crippen LogP contribution in [0.3, 0.4) is 0 Å². The molecular formula is C11H20N2O. The molecule has 2 N–H and O–H groups in total. The van der Waals surface area contributed by atoms with Gasteiger partial charge in [-0.1, -0.05) is 0 Å². The molecule has 1 heterocycles. The lowest BCUT2D eigenvalue weighted by molar-refractivity contribution is -0.125. The predicted molar refractivity (Wildman–Crippen MR) is 55.9 cm³/mol. The van der Waals surface area contributed by atoms with Crippen LogP contribution in [0.4, 0.5) is 0 Å². The molecule has 14 heavy (non-hydrogen) atoms. The number of fused-ring (bicyclic) bond motifs is 1. The summed E-state index contributed by atoms with van der Waals surface area (Å²) in [7, 11) is 0. The Balaban J connectivity index is 1.86. The molecule has 0 aromatic rings. The van der Waals surface area contributed by atoms with E-state index in [2.05, 4.69) is 10.6 Å². The van der Waals surface area contributed by atoms with Gasteiger partial charge in [0.05, 0.1) is 0 Å². The standard InChI is InChI=1S/C11H20N2O/c1-7(2)13-11(14)8-3-9-5-12-6-10(9)4-8/h7-10,12H,3-6H2,1-2H3,(H,13,14). The van der Waals surface area contributed by atoms with Crippen LogP contribution < -0.4 is 10.6 Å². The summed E-state index contributed by atoms with van der Waals surface area (Å²) in [5.74, 6) is 2.08. The van der Waals surface area contributed by atoms with Gasteiger partial charge in [0.1, 0.15) is 0 Å². The summed E-state index contributed by atoms with van der Waals surface area (Å²) in [6.07, 6.45) is 2.19. The van der Waals surface area contributed by atoms with Crippen molar-refractivity contribution < 1.29 is 4.79 Å². The zero-order valence-electron chi connectivity index (χ0n) is 9.05. The van der Waals surface area contributed by atoms with Crippen molar-refractivity contribution in [3.8, 4) is 0 Å². The van der Waals surface area contributed by atoms with Crippen LogP contribution in [-0.2, 0) is 4.79 Å². The highest BCUT2D eigenvalue weighted by Crippen LogP contribution is 2.38. The maximum absolute atomic E-state index is 11.8. The topological polar surface area (TPSA) is 41.1 Å². The first-order chi connectivity index (χ1) is 6.66. The Kier molecular flexibility index (Phi) is 2.77. The maximum atomic E-state index is 11.8. The van der Waals surface area contributed by atoms with Gasteiger partial charge in [-0.3, -0.25) is 4.79 Å². The first kappa shape index (κ1) is 9.97. The highest BCUT2D eigenvalue weighted by Gasteiger charge is 2.40. The number of hydrogen-bond donors (Lipinski definition) is 2. The molecule has 1 saturated heterocycles. The van der Waals surface area contributed by atoms with Crippen LogP contribution in [0.25, 0.3) is 0 Å². The average Bonchev–Trinajstić information content (AvgIpc) is 2.58. The van der Waals surface area contributed by atoms with E-state index < -0.39 is 0 Å². The van der Waals surface area contributed by atoms with E-state index in [0.717, 1.165) is 37.8 Å². The van der Waals surface area contributed by atoms with E-state index in [0.29, 0.717) is 0 Å². The second-order valence-electron chi connectivity index (χ2n) is 5.01. The van der Waals surface area contributed by atoms with Crippen LogP contribution in [-0.4, -0.2) is 25.0 Å². The van der Waals surface area contributed by atoms with E-state index in [1.807, 2.05) is 13.8 Å². The van der Waals surface area contributed by atoms with Crippen molar-refractivity contribution in [3.63, 3.8) is 0 Å². The van der Waals surface area contributed by atoms with Crippen molar-refractivity contribution in [1.29, 1.82) is 0 Å². The average molecular weight is 196 g/mol. The minimum absolute atomic E-state index is 0.273. The predicted octanol–water partition coefficient (Wildman–Crippen LogP) is 0.757. The first-order valence-corrected chi connectivity index (χ1v) is 5.68. The van der Waals surface area contributed by atoms with E-state index in [9.17, 15) is 4.79 Å². The van der Waals surface area contributed by atoms with Crippen LogP contribution in [0.2, 0.25) is 0 Å². The number of nitrogens with one attached hydrogen (secondary N) is 2. The van der Waals surface area contributed by atoms with E-state index >= 15 is 0 Å². The van der Waals surface area contributed by atoms with E-state index in [-0.39, 0.29) is 17.9 Å². The van der Waals surface area contributed by atoms with E-state index in [4.69, 9.17) is 0 Å². The molecule has 0 spiro atoms. The smallest absolute Gasteiger partial charge is 0.223 e. The molecule has 2 atom stereocenters. The fourth-order valence-corrected chi connectivity index (χ4v) is 2.78. The maximum Gasteiger partial charge on any atom is 0.223 e. The minimum atomic E-state index is 0.273. The second kappa shape index (κ2) is 3.89. The highest BCUT2D eigenvalue weighted by molar-refractivity contribution is 5.79.